The van der Waals surface area contributed by atoms with Crippen LogP contribution >= 0.6 is 0 Å². The van der Waals surface area contributed by atoms with Crippen molar-refractivity contribution < 1.29 is 18.3 Å². The van der Waals surface area contributed by atoms with Gasteiger partial charge in [0.25, 0.3) is 5.92 Å². The van der Waals surface area contributed by atoms with Crippen LogP contribution in [-0.4, -0.2) is 13.2 Å². The average molecular weight is 283 g/mol. The Kier molecular flexibility index (Phi) is 3.12. The Hall–Kier alpha value is -1.36. The van der Waals surface area contributed by atoms with E-state index in [4.69, 9.17) is 15.2 Å². The van der Waals surface area contributed by atoms with Gasteiger partial charge >= 0.3 is 0 Å². The van der Waals surface area contributed by atoms with E-state index in [9.17, 15) is 8.78 Å². The van der Waals surface area contributed by atoms with Crippen LogP contribution in [0.4, 0.5) is 8.78 Å². The molecule has 1 saturated carbocycles. The minimum absolute atomic E-state index is 0.0616. The first-order chi connectivity index (χ1) is 9.40. The third-order valence-corrected chi connectivity index (χ3v) is 4.18. The molecule has 1 aromatic rings. The molecule has 0 amide bonds. The Bertz CT molecular complexity index is 519. The summed E-state index contributed by atoms with van der Waals surface area (Å²) in [5.74, 6) is -1.98. The number of hydrogen-bond donors (Lipinski definition) is 1. The fourth-order valence-electron chi connectivity index (χ4n) is 3.05. The number of hydrogen-bond acceptors (Lipinski definition) is 3. The van der Waals surface area contributed by atoms with Crippen molar-refractivity contribution in [1.82, 2.24) is 0 Å². The zero-order chi connectivity index (χ0) is 14.4. The summed E-state index contributed by atoms with van der Waals surface area (Å²) in [6, 6.07) is 2.87. The molecule has 0 atom stereocenters. The highest BCUT2D eigenvalue weighted by Gasteiger charge is 2.38. The summed E-state index contributed by atoms with van der Waals surface area (Å²) in [6.45, 7) is 1.70. The molecule has 1 aromatic carbocycles. The van der Waals surface area contributed by atoms with Gasteiger partial charge in [0.05, 0.1) is 0 Å². The monoisotopic (exact) mass is 283 g/mol. The molecule has 0 bridgehead atoms. The Morgan fingerprint density at radius 3 is 2.45 bits per heavy atom. The van der Waals surface area contributed by atoms with Crippen LogP contribution in [0.3, 0.4) is 0 Å². The Labute approximate surface area is 117 Å². The van der Waals surface area contributed by atoms with Gasteiger partial charge in [0.2, 0.25) is 0 Å². The first kappa shape index (κ1) is 13.6. The number of fused-ring (bicyclic) bond motifs is 1. The molecule has 110 valence electrons. The van der Waals surface area contributed by atoms with Crippen LogP contribution in [0.5, 0.6) is 11.5 Å². The maximum absolute atomic E-state index is 13.7. The highest BCUT2D eigenvalue weighted by atomic mass is 19.3. The summed E-state index contributed by atoms with van der Waals surface area (Å²) in [5.41, 5.74) is 6.47. The second-order valence-corrected chi connectivity index (χ2v) is 5.80. The van der Waals surface area contributed by atoms with Gasteiger partial charge in [-0.3, -0.25) is 0 Å². The molecule has 1 heterocycles. The second-order valence-electron chi connectivity index (χ2n) is 5.80. The van der Waals surface area contributed by atoms with E-state index in [0.717, 1.165) is 32.6 Å². The zero-order valence-electron chi connectivity index (χ0n) is 11.5. The van der Waals surface area contributed by atoms with Crippen LogP contribution in [0, 0.1) is 0 Å². The van der Waals surface area contributed by atoms with Gasteiger partial charge in [0.1, 0.15) is 13.2 Å². The molecule has 1 aliphatic heterocycles. The molecule has 0 aromatic heterocycles. The quantitative estimate of drug-likeness (QED) is 0.905. The molecular weight excluding hydrogens is 264 g/mol. The predicted molar refractivity (Wildman–Crippen MR) is 71.3 cm³/mol. The van der Waals surface area contributed by atoms with Gasteiger partial charge in [-0.1, -0.05) is 12.8 Å². The van der Waals surface area contributed by atoms with Crippen LogP contribution in [0.15, 0.2) is 12.1 Å². The molecule has 3 nitrogen and oxygen atoms in total. The largest absolute Gasteiger partial charge is 0.486 e. The lowest BCUT2D eigenvalue weighted by atomic mass is 9.86. The summed E-state index contributed by atoms with van der Waals surface area (Å²) >= 11 is 0. The number of alkyl halides is 2. The Morgan fingerprint density at radius 2 is 1.80 bits per heavy atom. The van der Waals surface area contributed by atoms with E-state index < -0.39 is 11.5 Å². The van der Waals surface area contributed by atoms with Gasteiger partial charge in [-0.2, -0.15) is 0 Å². The van der Waals surface area contributed by atoms with Crippen molar-refractivity contribution in [1.29, 1.82) is 0 Å². The summed E-state index contributed by atoms with van der Waals surface area (Å²) in [5, 5.41) is 0. The lowest BCUT2D eigenvalue weighted by Crippen LogP contribution is -2.35. The van der Waals surface area contributed by atoms with Crippen molar-refractivity contribution in [3.63, 3.8) is 0 Å². The van der Waals surface area contributed by atoms with Crippen molar-refractivity contribution in [3.05, 3.63) is 23.3 Å². The van der Waals surface area contributed by atoms with E-state index in [1.54, 1.807) is 0 Å². The van der Waals surface area contributed by atoms with Crippen molar-refractivity contribution >= 4 is 0 Å². The summed E-state index contributed by atoms with van der Waals surface area (Å²) in [6.07, 6.45) is 3.61. The van der Waals surface area contributed by atoms with E-state index in [1.807, 2.05) is 0 Å². The molecule has 20 heavy (non-hydrogen) atoms. The van der Waals surface area contributed by atoms with Crippen LogP contribution in [0.2, 0.25) is 0 Å². The van der Waals surface area contributed by atoms with Gasteiger partial charge in [-0.15, -0.1) is 0 Å². The first-order valence-electron chi connectivity index (χ1n) is 7.01. The fraction of sp³-hybridized carbons (Fsp3) is 0.600. The van der Waals surface area contributed by atoms with Crippen molar-refractivity contribution in [2.75, 3.05) is 13.2 Å². The molecular formula is C15H19F2NO2. The normalized spacial score (nSPS) is 21.0. The van der Waals surface area contributed by atoms with E-state index in [1.165, 1.54) is 12.1 Å². The summed E-state index contributed by atoms with van der Waals surface area (Å²) in [7, 11) is 0. The third kappa shape index (κ3) is 2.24. The SMILES string of the molecule is CC(F)(F)c1cc2c(c(C3(N)CCCC3)c1)OCCO2. The van der Waals surface area contributed by atoms with Crippen molar-refractivity contribution in [2.24, 2.45) is 5.73 Å². The van der Waals surface area contributed by atoms with Crippen molar-refractivity contribution in [3.8, 4) is 11.5 Å². The molecule has 5 heteroatoms. The highest BCUT2D eigenvalue weighted by Crippen LogP contribution is 2.47. The molecule has 1 fully saturated rings. The molecule has 3 rings (SSSR count). The molecule has 2 N–H and O–H groups in total. The zero-order valence-corrected chi connectivity index (χ0v) is 11.5. The van der Waals surface area contributed by atoms with Crippen molar-refractivity contribution in [2.45, 2.75) is 44.1 Å². The van der Waals surface area contributed by atoms with E-state index >= 15 is 0 Å². The number of nitrogens with two attached hydrogens (primary N) is 1. The predicted octanol–water partition coefficient (Wildman–Crippen LogP) is 3.30. The summed E-state index contributed by atoms with van der Waals surface area (Å²) in [4.78, 5) is 0. The molecule has 0 radical (unpaired) electrons. The smallest absolute Gasteiger partial charge is 0.270 e. The van der Waals surface area contributed by atoms with Crippen LogP contribution in [-0.2, 0) is 11.5 Å². The van der Waals surface area contributed by atoms with Crippen LogP contribution in [0.1, 0.15) is 43.7 Å². The molecule has 1 aliphatic carbocycles. The maximum Gasteiger partial charge on any atom is 0.270 e. The standard InChI is InChI=1S/C15H19F2NO2/c1-14(16,17)10-8-11(15(18)4-2-3-5-15)13-12(9-10)19-6-7-20-13/h8-9H,2-7,18H2,1H3. The van der Waals surface area contributed by atoms with Gasteiger partial charge in [0.15, 0.2) is 11.5 Å². The number of rotatable bonds is 2. The lowest BCUT2D eigenvalue weighted by Gasteiger charge is -2.31. The van der Waals surface area contributed by atoms with Gasteiger partial charge in [-0.25, -0.2) is 8.78 Å². The van der Waals surface area contributed by atoms with Gasteiger partial charge < -0.3 is 15.2 Å². The van der Waals surface area contributed by atoms with E-state index in [0.29, 0.717) is 30.3 Å². The Morgan fingerprint density at radius 1 is 1.15 bits per heavy atom. The van der Waals surface area contributed by atoms with Gasteiger partial charge in [-0.05, 0) is 25.0 Å². The van der Waals surface area contributed by atoms with E-state index in [2.05, 4.69) is 0 Å². The summed E-state index contributed by atoms with van der Waals surface area (Å²) < 4.78 is 38.5. The minimum Gasteiger partial charge on any atom is -0.486 e. The average Bonchev–Trinajstić information content (AvgIpc) is 2.84. The third-order valence-electron chi connectivity index (χ3n) is 4.18. The number of halogens is 2. The molecule has 0 unspecified atom stereocenters. The minimum atomic E-state index is -2.92. The molecule has 2 aliphatic rings. The number of benzene rings is 1. The first-order valence-corrected chi connectivity index (χ1v) is 7.01. The van der Waals surface area contributed by atoms with Gasteiger partial charge in [0, 0.05) is 23.6 Å². The molecule has 0 spiro atoms. The Balaban J connectivity index is 2.15. The lowest BCUT2D eigenvalue weighted by molar-refractivity contribution is 0.0167. The maximum atomic E-state index is 13.7. The second kappa shape index (κ2) is 4.58. The number of ether oxygens (including phenoxy) is 2. The van der Waals surface area contributed by atoms with Crippen LogP contribution < -0.4 is 15.2 Å². The topological polar surface area (TPSA) is 44.5 Å². The molecule has 0 saturated heterocycles. The fourth-order valence-corrected chi connectivity index (χ4v) is 3.05. The highest BCUT2D eigenvalue weighted by molar-refractivity contribution is 5.54. The van der Waals surface area contributed by atoms with E-state index in [-0.39, 0.29) is 5.56 Å². The van der Waals surface area contributed by atoms with Crippen LogP contribution in [0.25, 0.3) is 0 Å².